The molecule has 4 nitrogen and oxygen atoms in total. The fraction of sp³-hybridized carbons (Fsp3) is 0.455. The molecule has 0 heterocycles. The average Bonchev–Trinajstić information content (AvgIpc) is 2.22. The highest BCUT2D eigenvalue weighted by molar-refractivity contribution is 5.52. The predicted octanol–water partition coefficient (Wildman–Crippen LogP) is 1.45. The van der Waals surface area contributed by atoms with Gasteiger partial charge in [-0.1, -0.05) is 0 Å². The first-order valence-corrected chi connectivity index (χ1v) is 4.79. The molecule has 0 radical (unpaired) electrons. The Bertz CT molecular complexity index is 350. The van der Waals surface area contributed by atoms with Crippen LogP contribution < -0.4 is 10.6 Å². The van der Waals surface area contributed by atoms with Crippen molar-refractivity contribution in [3.8, 4) is 11.5 Å². The monoisotopic (exact) mass is 211 g/mol. The van der Waals surface area contributed by atoms with Gasteiger partial charge in [0, 0.05) is 0 Å². The molecule has 0 unspecified atom stereocenters. The highest BCUT2D eigenvalue weighted by Crippen LogP contribution is 2.34. The Hall–Kier alpha value is -1.26. The molecule has 1 aromatic rings. The summed E-state index contributed by atoms with van der Waals surface area (Å²) in [6, 6.07) is 1.69. The zero-order valence-electron chi connectivity index (χ0n) is 9.33. The van der Waals surface area contributed by atoms with Gasteiger partial charge in [0.15, 0.2) is 11.5 Å². The van der Waals surface area contributed by atoms with Gasteiger partial charge in [-0.3, -0.25) is 0 Å². The number of hydrogen-bond acceptors (Lipinski definition) is 4. The number of phenolic OH excluding ortho intramolecular Hbond substituents is 1. The number of ether oxygens (including phenoxy) is 1. The largest absolute Gasteiger partial charge is 0.504 e. The molecular formula is C11H17NO3. The van der Waals surface area contributed by atoms with Crippen LogP contribution in [0.1, 0.15) is 16.7 Å². The third-order valence-corrected chi connectivity index (χ3v) is 2.62. The summed E-state index contributed by atoms with van der Waals surface area (Å²) in [5.41, 5.74) is 3.07. The molecule has 0 aliphatic rings. The summed E-state index contributed by atoms with van der Waals surface area (Å²) in [6.07, 6.45) is 0.681. The van der Waals surface area contributed by atoms with E-state index in [9.17, 15) is 5.11 Å². The van der Waals surface area contributed by atoms with E-state index in [1.807, 2.05) is 13.8 Å². The van der Waals surface area contributed by atoms with Crippen LogP contribution in [0.5, 0.6) is 11.5 Å². The van der Waals surface area contributed by atoms with E-state index in [0.29, 0.717) is 18.8 Å². The highest BCUT2D eigenvalue weighted by atomic mass is 16.6. The summed E-state index contributed by atoms with van der Waals surface area (Å²) in [5, 5.41) is 9.70. The van der Waals surface area contributed by atoms with Crippen LogP contribution >= 0.6 is 0 Å². The molecule has 0 aromatic heterocycles. The van der Waals surface area contributed by atoms with Gasteiger partial charge >= 0.3 is 0 Å². The number of aromatic hydroxyl groups is 1. The van der Waals surface area contributed by atoms with Crippen molar-refractivity contribution in [2.24, 2.45) is 5.90 Å². The van der Waals surface area contributed by atoms with Crippen LogP contribution in [0.15, 0.2) is 6.07 Å². The maximum Gasteiger partial charge on any atom is 0.163 e. The van der Waals surface area contributed by atoms with E-state index in [1.54, 1.807) is 13.2 Å². The Kier molecular flexibility index (Phi) is 3.94. The van der Waals surface area contributed by atoms with E-state index in [4.69, 9.17) is 10.6 Å². The summed E-state index contributed by atoms with van der Waals surface area (Å²) in [6.45, 7) is 4.34. The molecule has 15 heavy (non-hydrogen) atoms. The van der Waals surface area contributed by atoms with Gasteiger partial charge in [-0.05, 0) is 43.0 Å². The molecule has 0 amide bonds. The van der Waals surface area contributed by atoms with Gasteiger partial charge in [-0.2, -0.15) is 0 Å². The van der Waals surface area contributed by atoms with Crippen LogP contribution in [0.2, 0.25) is 0 Å². The lowest BCUT2D eigenvalue weighted by molar-refractivity contribution is 0.141. The highest BCUT2D eigenvalue weighted by Gasteiger charge is 2.11. The second kappa shape index (κ2) is 5.00. The van der Waals surface area contributed by atoms with Crippen molar-refractivity contribution in [1.82, 2.24) is 0 Å². The summed E-state index contributed by atoms with van der Waals surface area (Å²) >= 11 is 0. The molecule has 1 rings (SSSR count). The number of methoxy groups -OCH3 is 1. The Balaban J connectivity index is 3.10. The lowest BCUT2D eigenvalue weighted by atomic mass is 9.99. The average molecular weight is 211 g/mol. The van der Waals surface area contributed by atoms with Crippen LogP contribution in [0, 0.1) is 13.8 Å². The SMILES string of the molecule is COc1c(O)cc(CCON)c(C)c1C. The molecule has 0 saturated carbocycles. The molecule has 0 spiro atoms. The van der Waals surface area contributed by atoms with Crippen molar-refractivity contribution >= 4 is 0 Å². The first-order valence-electron chi connectivity index (χ1n) is 4.79. The Morgan fingerprint density at radius 1 is 1.33 bits per heavy atom. The molecule has 1 aromatic carbocycles. The number of benzene rings is 1. The predicted molar refractivity (Wildman–Crippen MR) is 58.0 cm³/mol. The van der Waals surface area contributed by atoms with Crippen molar-refractivity contribution in [1.29, 1.82) is 0 Å². The third-order valence-electron chi connectivity index (χ3n) is 2.62. The molecule has 0 fully saturated rings. The number of hydrogen-bond donors (Lipinski definition) is 2. The van der Waals surface area contributed by atoms with Crippen LogP contribution in [-0.4, -0.2) is 18.8 Å². The van der Waals surface area contributed by atoms with Crippen molar-refractivity contribution in [3.63, 3.8) is 0 Å². The minimum absolute atomic E-state index is 0.160. The lowest BCUT2D eigenvalue weighted by Gasteiger charge is -2.14. The molecule has 0 aliphatic heterocycles. The molecule has 0 saturated heterocycles. The van der Waals surface area contributed by atoms with Gasteiger partial charge in [-0.15, -0.1) is 0 Å². The zero-order valence-corrected chi connectivity index (χ0v) is 9.33. The number of rotatable bonds is 4. The van der Waals surface area contributed by atoms with Gasteiger partial charge in [0.25, 0.3) is 0 Å². The second-order valence-corrected chi connectivity index (χ2v) is 3.46. The van der Waals surface area contributed by atoms with Gasteiger partial charge in [0.2, 0.25) is 0 Å². The van der Waals surface area contributed by atoms with Crippen LogP contribution in [0.4, 0.5) is 0 Å². The first-order chi connectivity index (χ1) is 7.11. The minimum Gasteiger partial charge on any atom is -0.504 e. The van der Waals surface area contributed by atoms with Crippen LogP contribution in [0.25, 0.3) is 0 Å². The Morgan fingerprint density at radius 2 is 2.00 bits per heavy atom. The fourth-order valence-corrected chi connectivity index (χ4v) is 1.63. The Morgan fingerprint density at radius 3 is 2.53 bits per heavy atom. The molecule has 0 atom stereocenters. The summed E-state index contributed by atoms with van der Waals surface area (Å²) < 4.78 is 5.11. The van der Waals surface area contributed by atoms with Crippen LogP contribution in [-0.2, 0) is 11.3 Å². The molecular weight excluding hydrogens is 194 g/mol. The number of phenols is 1. The topological polar surface area (TPSA) is 64.7 Å². The first kappa shape index (κ1) is 11.8. The molecule has 0 bridgehead atoms. The van der Waals surface area contributed by atoms with E-state index in [1.165, 1.54) is 0 Å². The summed E-state index contributed by atoms with van der Waals surface area (Å²) in [7, 11) is 1.55. The van der Waals surface area contributed by atoms with E-state index >= 15 is 0 Å². The van der Waals surface area contributed by atoms with Crippen molar-refractivity contribution in [2.75, 3.05) is 13.7 Å². The number of nitrogens with two attached hydrogens (primary N) is 1. The maximum absolute atomic E-state index is 9.70. The quantitative estimate of drug-likeness (QED) is 0.740. The fourth-order valence-electron chi connectivity index (χ4n) is 1.63. The summed E-state index contributed by atoms with van der Waals surface area (Å²) in [5.74, 6) is 5.66. The van der Waals surface area contributed by atoms with Crippen molar-refractivity contribution < 1.29 is 14.7 Å². The standard InChI is InChI=1S/C11H17NO3/c1-7-8(2)11(14-3)10(13)6-9(7)4-5-15-12/h6,13H,4-5,12H2,1-3H3. The van der Waals surface area contributed by atoms with Gasteiger partial charge in [0.1, 0.15) is 0 Å². The zero-order chi connectivity index (χ0) is 11.4. The molecule has 4 heteroatoms. The van der Waals surface area contributed by atoms with E-state index < -0.39 is 0 Å². The Labute approximate surface area is 89.6 Å². The lowest BCUT2D eigenvalue weighted by Crippen LogP contribution is -2.05. The third kappa shape index (κ3) is 2.40. The molecule has 3 N–H and O–H groups in total. The van der Waals surface area contributed by atoms with Crippen molar-refractivity contribution in [2.45, 2.75) is 20.3 Å². The van der Waals surface area contributed by atoms with Gasteiger partial charge in [-0.25, -0.2) is 5.90 Å². The van der Waals surface area contributed by atoms with E-state index in [0.717, 1.165) is 16.7 Å². The van der Waals surface area contributed by atoms with Crippen LogP contribution in [0.3, 0.4) is 0 Å². The van der Waals surface area contributed by atoms with E-state index in [2.05, 4.69) is 4.84 Å². The molecule has 0 aliphatic carbocycles. The van der Waals surface area contributed by atoms with Gasteiger partial charge < -0.3 is 14.7 Å². The molecule has 84 valence electrons. The summed E-state index contributed by atoms with van der Waals surface area (Å²) in [4.78, 5) is 4.52. The second-order valence-electron chi connectivity index (χ2n) is 3.46. The van der Waals surface area contributed by atoms with Gasteiger partial charge in [0.05, 0.1) is 13.7 Å². The maximum atomic E-state index is 9.70. The van der Waals surface area contributed by atoms with Crippen molar-refractivity contribution in [3.05, 3.63) is 22.8 Å². The smallest absolute Gasteiger partial charge is 0.163 e. The normalized spacial score (nSPS) is 10.4. The van der Waals surface area contributed by atoms with E-state index in [-0.39, 0.29) is 5.75 Å². The minimum atomic E-state index is 0.160.